The number of anilines is 1. The van der Waals surface area contributed by atoms with E-state index in [0.29, 0.717) is 11.8 Å². The normalized spacial score (nSPS) is 26.3. The smallest absolute Gasteiger partial charge is 0.226 e. The van der Waals surface area contributed by atoms with Crippen molar-refractivity contribution in [2.24, 2.45) is 0 Å². The van der Waals surface area contributed by atoms with Crippen LogP contribution >= 0.6 is 0 Å². The van der Waals surface area contributed by atoms with E-state index in [4.69, 9.17) is 9.47 Å². The summed E-state index contributed by atoms with van der Waals surface area (Å²) in [5, 5.41) is 3.20. The molecule has 1 fully saturated rings. The van der Waals surface area contributed by atoms with Gasteiger partial charge in [0.25, 0.3) is 0 Å². The third-order valence-corrected chi connectivity index (χ3v) is 3.31. The summed E-state index contributed by atoms with van der Waals surface area (Å²) in [4.78, 5) is 8.80. The first-order valence-corrected chi connectivity index (χ1v) is 7.48. The topological polar surface area (TPSA) is 56.3 Å². The van der Waals surface area contributed by atoms with E-state index in [-0.39, 0.29) is 18.3 Å². The molecular weight excluding hydrogens is 254 g/mol. The molecule has 1 aliphatic rings. The molecule has 0 saturated carbocycles. The SMILES string of the molecule is CCCNc1nc(C)cc(OC2CC(C)OC(C)C2)n1. The summed E-state index contributed by atoms with van der Waals surface area (Å²) < 4.78 is 11.8. The Bertz CT molecular complexity index is 429. The highest BCUT2D eigenvalue weighted by atomic mass is 16.5. The maximum Gasteiger partial charge on any atom is 0.226 e. The third kappa shape index (κ3) is 4.34. The zero-order valence-corrected chi connectivity index (χ0v) is 12.8. The molecule has 112 valence electrons. The first kappa shape index (κ1) is 15.0. The lowest BCUT2D eigenvalue weighted by Crippen LogP contribution is -2.35. The highest BCUT2D eigenvalue weighted by Gasteiger charge is 2.26. The van der Waals surface area contributed by atoms with Gasteiger partial charge in [0.2, 0.25) is 11.8 Å². The lowest BCUT2D eigenvalue weighted by molar-refractivity contribution is -0.0729. The van der Waals surface area contributed by atoms with Gasteiger partial charge in [-0.1, -0.05) is 6.92 Å². The van der Waals surface area contributed by atoms with E-state index in [9.17, 15) is 0 Å². The zero-order chi connectivity index (χ0) is 14.5. The Labute approximate surface area is 121 Å². The quantitative estimate of drug-likeness (QED) is 0.898. The predicted octanol–water partition coefficient (Wildman–Crippen LogP) is 2.94. The summed E-state index contributed by atoms with van der Waals surface area (Å²) in [7, 11) is 0. The molecule has 5 heteroatoms. The van der Waals surface area contributed by atoms with Crippen LogP contribution in [0.4, 0.5) is 5.95 Å². The molecule has 0 aliphatic carbocycles. The van der Waals surface area contributed by atoms with Crippen molar-refractivity contribution >= 4 is 5.95 Å². The average Bonchev–Trinajstić information content (AvgIpc) is 2.34. The Morgan fingerprint density at radius 2 is 2.00 bits per heavy atom. The minimum atomic E-state index is 0.169. The van der Waals surface area contributed by atoms with Crippen LogP contribution in [0.15, 0.2) is 6.07 Å². The molecule has 1 aliphatic heterocycles. The number of aromatic nitrogens is 2. The molecule has 1 aromatic heterocycles. The van der Waals surface area contributed by atoms with E-state index >= 15 is 0 Å². The van der Waals surface area contributed by atoms with Gasteiger partial charge in [0.05, 0.1) is 12.2 Å². The van der Waals surface area contributed by atoms with Crippen LogP contribution in [0.5, 0.6) is 5.88 Å². The Morgan fingerprint density at radius 3 is 2.65 bits per heavy atom. The molecule has 2 heterocycles. The van der Waals surface area contributed by atoms with E-state index in [1.165, 1.54) is 0 Å². The standard InChI is InChI=1S/C15H25N3O2/c1-5-6-16-15-17-10(2)7-14(18-15)20-13-8-11(3)19-12(4)9-13/h7,11-13H,5-6,8-9H2,1-4H3,(H,16,17,18). The molecule has 2 atom stereocenters. The Hall–Kier alpha value is -1.36. The maximum atomic E-state index is 6.03. The van der Waals surface area contributed by atoms with Gasteiger partial charge < -0.3 is 14.8 Å². The average molecular weight is 279 g/mol. The second-order valence-electron chi connectivity index (χ2n) is 5.57. The summed E-state index contributed by atoms with van der Waals surface area (Å²) in [6.45, 7) is 9.12. The van der Waals surface area contributed by atoms with Crippen LogP contribution in [0.3, 0.4) is 0 Å². The molecular formula is C15H25N3O2. The van der Waals surface area contributed by atoms with Gasteiger partial charge in [0.1, 0.15) is 6.10 Å². The van der Waals surface area contributed by atoms with Crippen LogP contribution in [0.1, 0.15) is 45.7 Å². The first-order chi connectivity index (χ1) is 9.56. The summed E-state index contributed by atoms with van der Waals surface area (Å²) in [5.41, 5.74) is 0.918. The van der Waals surface area contributed by atoms with Crippen molar-refractivity contribution in [2.75, 3.05) is 11.9 Å². The Morgan fingerprint density at radius 1 is 1.30 bits per heavy atom. The molecule has 1 aromatic rings. The summed E-state index contributed by atoms with van der Waals surface area (Å²) in [6, 6.07) is 1.89. The second kappa shape index (κ2) is 6.88. The number of hydrogen-bond acceptors (Lipinski definition) is 5. The van der Waals surface area contributed by atoms with Crippen LogP contribution in [0.2, 0.25) is 0 Å². The van der Waals surface area contributed by atoms with Crippen molar-refractivity contribution < 1.29 is 9.47 Å². The van der Waals surface area contributed by atoms with Gasteiger partial charge in [0.15, 0.2) is 0 Å². The van der Waals surface area contributed by atoms with Crippen LogP contribution in [-0.2, 0) is 4.74 Å². The third-order valence-electron chi connectivity index (χ3n) is 3.31. The van der Waals surface area contributed by atoms with E-state index < -0.39 is 0 Å². The van der Waals surface area contributed by atoms with Gasteiger partial charge in [-0.3, -0.25) is 0 Å². The summed E-state index contributed by atoms with van der Waals surface area (Å²) in [6.07, 6.45) is 3.51. The monoisotopic (exact) mass is 279 g/mol. The number of nitrogens with one attached hydrogen (secondary N) is 1. The van der Waals surface area contributed by atoms with E-state index in [2.05, 4.69) is 36.1 Å². The molecule has 0 radical (unpaired) electrons. The lowest BCUT2D eigenvalue weighted by atomic mass is 10.0. The zero-order valence-electron chi connectivity index (χ0n) is 12.8. The van der Waals surface area contributed by atoms with Gasteiger partial charge >= 0.3 is 0 Å². The number of ether oxygens (including phenoxy) is 2. The lowest BCUT2D eigenvalue weighted by Gasteiger charge is -2.32. The highest BCUT2D eigenvalue weighted by molar-refractivity contribution is 5.30. The van der Waals surface area contributed by atoms with Crippen molar-refractivity contribution in [3.63, 3.8) is 0 Å². The van der Waals surface area contributed by atoms with Gasteiger partial charge in [-0.25, -0.2) is 4.98 Å². The fraction of sp³-hybridized carbons (Fsp3) is 0.733. The molecule has 1 saturated heterocycles. The van der Waals surface area contributed by atoms with Crippen molar-refractivity contribution in [3.8, 4) is 5.88 Å². The van der Waals surface area contributed by atoms with Crippen molar-refractivity contribution in [2.45, 2.75) is 65.3 Å². The second-order valence-corrected chi connectivity index (χ2v) is 5.57. The molecule has 0 bridgehead atoms. The maximum absolute atomic E-state index is 6.03. The van der Waals surface area contributed by atoms with Crippen LogP contribution in [0, 0.1) is 6.92 Å². The van der Waals surface area contributed by atoms with E-state index in [1.54, 1.807) is 0 Å². The number of aryl methyl sites for hydroxylation is 1. The van der Waals surface area contributed by atoms with E-state index in [1.807, 2.05) is 13.0 Å². The van der Waals surface area contributed by atoms with Crippen LogP contribution in [-0.4, -0.2) is 34.8 Å². The highest BCUT2D eigenvalue weighted by Crippen LogP contribution is 2.24. The number of rotatable bonds is 5. The molecule has 2 rings (SSSR count). The Balaban J connectivity index is 2.02. The van der Waals surface area contributed by atoms with Crippen molar-refractivity contribution in [3.05, 3.63) is 11.8 Å². The van der Waals surface area contributed by atoms with Crippen molar-refractivity contribution in [1.82, 2.24) is 9.97 Å². The molecule has 0 spiro atoms. The van der Waals surface area contributed by atoms with Gasteiger partial charge in [-0.15, -0.1) is 0 Å². The minimum Gasteiger partial charge on any atom is -0.474 e. The number of nitrogens with zero attached hydrogens (tertiary/aromatic N) is 2. The fourth-order valence-electron chi connectivity index (χ4n) is 2.53. The fourth-order valence-corrected chi connectivity index (χ4v) is 2.53. The van der Waals surface area contributed by atoms with Gasteiger partial charge in [0, 0.05) is 31.1 Å². The predicted molar refractivity (Wildman–Crippen MR) is 79.2 cm³/mol. The molecule has 20 heavy (non-hydrogen) atoms. The minimum absolute atomic E-state index is 0.169. The van der Waals surface area contributed by atoms with E-state index in [0.717, 1.165) is 31.5 Å². The van der Waals surface area contributed by atoms with Crippen molar-refractivity contribution in [1.29, 1.82) is 0 Å². The largest absolute Gasteiger partial charge is 0.474 e. The van der Waals surface area contributed by atoms with Crippen LogP contribution in [0.25, 0.3) is 0 Å². The Kier molecular flexibility index (Phi) is 5.17. The van der Waals surface area contributed by atoms with Gasteiger partial charge in [-0.05, 0) is 27.2 Å². The van der Waals surface area contributed by atoms with Gasteiger partial charge in [-0.2, -0.15) is 4.98 Å². The summed E-state index contributed by atoms with van der Waals surface area (Å²) >= 11 is 0. The molecule has 2 unspecified atom stereocenters. The van der Waals surface area contributed by atoms with Crippen LogP contribution < -0.4 is 10.1 Å². The molecule has 0 aromatic carbocycles. The molecule has 5 nitrogen and oxygen atoms in total. The summed E-state index contributed by atoms with van der Waals surface area (Å²) in [5.74, 6) is 1.30. The first-order valence-electron chi connectivity index (χ1n) is 7.48. The molecule has 1 N–H and O–H groups in total. The number of hydrogen-bond donors (Lipinski definition) is 1. The molecule has 0 amide bonds.